The molecule has 0 N–H and O–H groups in total. The van der Waals surface area contributed by atoms with Crippen LogP contribution in [0.15, 0.2) is 24.3 Å². The van der Waals surface area contributed by atoms with Crippen LogP contribution in [0.5, 0.6) is 0 Å². The molecule has 16 heavy (non-hydrogen) atoms. The molecule has 0 atom stereocenters. The Balaban J connectivity index is 2.66. The Morgan fingerprint density at radius 3 is 2.12 bits per heavy atom. The van der Waals surface area contributed by atoms with Crippen molar-refractivity contribution in [2.24, 2.45) is 0 Å². The molecule has 0 saturated heterocycles. The molecule has 0 aliphatic carbocycles. The van der Waals surface area contributed by atoms with Gasteiger partial charge in [0.15, 0.2) is 0 Å². The third kappa shape index (κ3) is 3.01. The third-order valence-electron chi connectivity index (χ3n) is 2.59. The van der Waals surface area contributed by atoms with Gasteiger partial charge in [0.05, 0.1) is 0 Å². The fraction of sp³-hybridized carbons (Fsp3) is 0.500. The van der Waals surface area contributed by atoms with Crippen molar-refractivity contribution in [1.82, 2.24) is 0 Å². The number of benzene rings is 1. The van der Waals surface area contributed by atoms with Gasteiger partial charge >= 0.3 is 0 Å². The molecule has 1 aromatic carbocycles. The standard InChI is InChI=1S/C12H17FO3/c1-14-12(15-2,16-3)9-8-10-6-4-5-7-11(10)13/h4-7H,8-9H2,1-3H3. The van der Waals surface area contributed by atoms with Gasteiger partial charge in [-0.1, -0.05) is 18.2 Å². The van der Waals surface area contributed by atoms with E-state index in [9.17, 15) is 4.39 Å². The molecule has 0 aliphatic rings. The molecule has 0 heterocycles. The maximum Gasteiger partial charge on any atom is 0.282 e. The van der Waals surface area contributed by atoms with Crippen molar-refractivity contribution < 1.29 is 18.6 Å². The molecule has 0 radical (unpaired) electrons. The molecule has 3 nitrogen and oxygen atoms in total. The first-order chi connectivity index (χ1) is 7.67. The fourth-order valence-corrected chi connectivity index (χ4v) is 1.55. The monoisotopic (exact) mass is 228 g/mol. The Bertz CT molecular complexity index is 316. The van der Waals surface area contributed by atoms with Crippen LogP contribution >= 0.6 is 0 Å². The molecule has 4 heteroatoms. The molecule has 0 saturated carbocycles. The summed E-state index contributed by atoms with van der Waals surface area (Å²) in [6, 6.07) is 6.63. The Morgan fingerprint density at radius 2 is 1.62 bits per heavy atom. The summed E-state index contributed by atoms with van der Waals surface area (Å²) in [5.41, 5.74) is 0.623. The Labute approximate surface area is 95.1 Å². The number of ether oxygens (including phenoxy) is 3. The van der Waals surface area contributed by atoms with Gasteiger partial charge in [-0.3, -0.25) is 0 Å². The van der Waals surface area contributed by atoms with Crippen LogP contribution in [0.2, 0.25) is 0 Å². The normalized spacial score (nSPS) is 11.8. The summed E-state index contributed by atoms with van der Waals surface area (Å²) in [5, 5.41) is 0. The summed E-state index contributed by atoms with van der Waals surface area (Å²) >= 11 is 0. The lowest BCUT2D eigenvalue weighted by molar-refractivity contribution is -0.354. The summed E-state index contributed by atoms with van der Waals surface area (Å²) in [6.45, 7) is 0. The van der Waals surface area contributed by atoms with Gasteiger partial charge in [0, 0.05) is 27.8 Å². The highest BCUT2D eigenvalue weighted by Gasteiger charge is 2.29. The first kappa shape index (κ1) is 13.1. The predicted molar refractivity (Wildman–Crippen MR) is 58.5 cm³/mol. The molecule has 0 amide bonds. The number of methoxy groups -OCH3 is 3. The van der Waals surface area contributed by atoms with Crippen molar-refractivity contribution in [3.05, 3.63) is 35.6 Å². The maximum atomic E-state index is 13.4. The van der Waals surface area contributed by atoms with Crippen LogP contribution in [0.1, 0.15) is 12.0 Å². The summed E-state index contributed by atoms with van der Waals surface area (Å²) < 4.78 is 28.7. The second-order valence-corrected chi connectivity index (χ2v) is 3.39. The zero-order valence-corrected chi connectivity index (χ0v) is 9.83. The molecule has 0 unspecified atom stereocenters. The largest absolute Gasteiger partial charge is 0.331 e. The van der Waals surface area contributed by atoms with Gasteiger partial charge in [0.25, 0.3) is 5.97 Å². The van der Waals surface area contributed by atoms with Crippen molar-refractivity contribution in [2.75, 3.05) is 21.3 Å². The lowest BCUT2D eigenvalue weighted by atomic mass is 10.1. The van der Waals surface area contributed by atoms with Crippen LogP contribution in [-0.4, -0.2) is 27.3 Å². The minimum absolute atomic E-state index is 0.222. The topological polar surface area (TPSA) is 27.7 Å². The number of hydrogen-bond donors (Lipinski definition) is 0. The van der Waals surface area contributed by atoms with Crippen molar-refractivity contribution in [3.8, 4) is 0 Å². The van der Waals surface area contributed by atoms with E-state index in [0.29, 0.717) is 18.4 Å². The SMILES string of the molecule is COC(CCc1ccccc1F)(OC)OC. The molecule has 0 aromatic heterocycles. The third-order valence-corrected chi connectivity index (χ3v) is 2.59. The minimum Gasteiger partial charge on any atom is -0.331 e. The first-order valence-electron chi connectivity index (χ1n) is 5.06. The maximum absolute atomic E-state index is 13.4. The molecule has 1 aromatic rings. The lowest BCUT2D eigenvalue weighted by Crippen LogP contribution is -2.36. The smallest absolute Gasteiger partial charge is 0.282 e. The molecule has 90 valence electrons. The van der Waals surface area contributed by atoms with Gasteiger partial charge in [-0.25, -0.2) is 4.39 Å². The quantitative estimate of drug-likeness (QED) is 0.699. The van der Waals surface area contributed by atoms with E-state index in [4.69, 9.17) is 14.2 Å². The molecular weight excluding hydrogens is 211 g/mol. The van der Waals surface area contributed by atoms with Gasteiger partial charge in [-0.15, -0.1) is 0 Å². The van der Waals surface area contributed by atoms with E-state index in [-0.39, 0.29) is 5.82 Å². The van der Waals surface area contributed by atoms with E-state index in [1.54, 1.807) is 18.2 Å². The fourth-order valence-electron chi connectivity index (χ4n) is 1.55. The van der Waals surface area contributed by atoms with Crippen LogP contribution in [0.25, 0.3) is 0 Å². The van der Waals surface area contributed by atoms with Gasteiger partial charge in [-0.2, -0.15) is 0 Å². The molecule has 0 bridgehead atoms. The molecular formula is C12H17FO3. The Hall–Kier alpha value is -0.970. The first-order valence-corrected chi connectivity index (χ1v) is 5.06. The van der Waals surface area contributed by atoms with Crippen LogP contribution < -0.4 is 0 Å². The predicted octanol–water partition coefficient (Wildman–Crippen LogP) is 2.35. The molecule has 0 fully saturated rings. The van der Waals surface area contributed by atoms with E-state index >= 15 is 0 Å². The summed E-state index contributed by atoms with van der Waals surface area (Å²) in [4.78, 5) is 0. The zero-order chi connectivity index (χ0) is 12.0. The zero-order valence-electron chi connectivity index (χ0n) is 9.83. The second kappa shape index (κ2) is 5.94. The van der Waals surface area contributed by atoms with Crippen LogP contribution in [0.4, 0.5) is 4.39 Å². The highest BCUT2D eigenvalue weighted by atomic mass is 19.1. The average Bonchev–Trinajstić information content (AvgIpc) is 2.34. The highest BCUT2D eigenvalue weighted by molar-refractivity contribution is 5.17. The summed E-state index contributed by atoms with van der Waals surface area (Å²) in [5.74, 6) is -1.32. The molecule has 0 aliphatic heterocycles. The number of rotatable bonds is 6. The van der Waals surface area contributed by atoms with Gasteiger partial charge in [0.2, 0.25) is 0 Å². The average molecular weight is 228 g/mol. The van der Waals surface area contributed by atoms with E-state index in [0.717, 1.165) is 0 Å². The van der Waals surface area contributed by atoms with Crippen LogP contribution in [0.3, 0.4) is 0 Å². The Morgan fingerprint density at radius 1 is 1.06 bits per heavy atom. The number of halogens is 1. The minimum atomic E-state index is -1.09. The van der Waals surface area contributed by atoms with Crippen LogP contribution in [0, 0.1) is 5.82 Å². The van der Waals surface area contributed by atoms with Crippen molar-refractivity contribution >= 4 is 0 Å². The number of aryl methyl sites for hydroxylation is 1. The van der Waals surface area contributed by atoms with E-state index in [1.165, 1.54) is 27.4 Å². The number of hydrogen-bond acceptors (Lipinski definition) is 3. The van der Waals surface area contributed by atoms with E-state index < -0.39 is 5.97 Å². The van der Waals surface area contributed by atoms with E-state index in [1.807, 2.05) is 0 Å². The summed E-state index contributed by atoms with van der Waals surface area (Å²) in [7, 11) is 4.48. The van der Waals surface area contributed by atoms with Crippen molar-refractivity contribution in [1.29, 1.82) is 0 Å². The molecule has 1 rings (SSSR count). The summed E-state index contributed by atoms with van der Waals surface area (Å²) in [6.07, 6.45) is 0.916. The highest BCUT2D eigenvalue weighted by Crippen LogP contribution is 2.21. The van der Waals surface area contributed by atoms with Gasteiger partial charge in [0.1, 0.15) is 5.82 Å². The van der Waals surface area contributed by atoms with E-state index in [2.05, 4.69) is 0 Å². The second-order valence-electron chi connectivity index (χ2n) is 3.39. The Kier molecular flexibility index (Phi) is 4.86. The van der Waals surface area contributed by atoms with Crippen molar-refractivity contribution in [3.63, 3.8) is 0 Å². The van der Waals surface area contributed by atoms with Gasteiger partial charge < -0.3 is 14.2 Å². The van der Waals surface area contributed by atoms with Crippen LogP contribution in [-0.2, 0) is 20.6 Å². The van der Waals surface area contributed by atoms with Crippen molar-refractivity contribution in [2.45, 2.75) is 18.8 Å². The van der Waals surface area contributed by atoms with Gasteiger partial charge in [-0.05, 0) is 18.1 Å². The molecule has 0 spiro atoms. The lowest BCUT2D eigenvalue weighted by Gasteiger charge is -2.28.